The van der Waals surface area contributed by atoms with Gasteiger partial charge in [0.05, 0.1) is 6.04 Å². The molecule has 1 aromatic heterocycles. The summed E-state index contributed by atoms with van der Waals surface area (Å²) in [6.45, 7) is 0. The van der Waals surface area contributed by atoms with Crippen molar-refractivity contribution >= 4 is 11.7 Å². The summed E-state index contributed by atoms with van der Waals surface area (Å²) in [5.41, 5.74) is 0.292. The molecule has 4 nitrogen and oxygen atoms in total. The largest absolute Gasteiger partial charge is 0.593 e. The Balaban J connectivity index is 2.02. The van der Waals surface area contributed by atoms with Gasteiger partial charge in [-0.25, -0.2) is 18.4 Å². The third-order valence-corrected chi connectivity index (χ3v) is 3.67. The van der Waals surface area contributed by atoms with E-state index in [4.69, 9.17) is 0 Å². The van der Waals surface area contributed by atoms with E-state index in [-0.39, 0.29) is 5.82 Å². The van der Waals surface area contributed by atoms with Crippen molar-refractivity contribution in [2.45, 2.75) is 24.1 Å². The molecule has 0 bridgehead atoms. The fourth-order valence-electron chi connectivity index (χ4n) is 2.40. The van der Waals surface area contributed by atoms with Crippen LogP contribution in [0.2, 0.25) is 0 Å². The van der Waals surface area contributed by atoms with E-state index in [1.54, 1.807) is 0 Å². The van der Waals surface area contributed by atoms with Gasteiger partial charge < -0.3 is 0 Å². The van der Waals surface area contributed by atoms with Crippen LogP contribution in [0.1, 0.15) is 29.7 Å². The highest BCUT2D eigenvalue weighted by Gasteiger charge is 2.54. The van der Waals surface area contributed by atoms with E-state index < -0.39 is 40.4 Å². The SMILES string of the molecule is O=[S+]C(F)(F)c1nc2n(n1)C(c1cc(F)cc(F)c1)CC2. The summed E-state index contributed by atoms with van der Waals surface area (Å²) in [5.74, 6) is -2.11. The molecule has 0 aliphatic carbocycles. The first-order valence-corrected chi connectivity index (χ1v) is 6.75. The van der Waals surface area contributed by atoms with Gasteiger partial charge in [0, 0.05) is 16.7 Å². The Kier molecular flexibility index (Phi) is 3.23. The summed E-state index contributed by atoms with van der Waals surface area (Å²) in [6, 6.07) is 2.42. The Bertz CT molecular complexity index is 698. The van der Waals surface area contributed by atoms with Gasteiger partial charge in [0.15, 0.2) is 0 Å². The van der Waals surface area contributed by atoms with Crippen molar-refractivity contribution in [2.24, 2.45) is 0 Å². The summed E-state index contributed by atoms with van der Waals surface area (Å²) in [5, 5.41) is -0.0868. The van der Waals surface area contributed by atoms with Crippen LogP contribution >= 0.6 is 0 Å². The predicted octanol–water partition coefficient (Wildman–Crippen LogP) is 2.57. The van der Waals surface area contributed by atoms with E-state index in [9.17, 15) is 21.8 Å². The zero-order valence-electron chi connectivity index (χ0n) is 10.4. The van der Waals surface area contributed by atoms with Gasteiger partial charge in [0.25, 0.3) is 5.82 Å². The van der Waals surface area contributed by atoms with Gasteiger partial charge in [0.2, 0.25) is 0 Å². The number of nitrogens with zero attached hydrogens (tertiary/aromatic N) is 3. The minimum atomic E-state index is -3.73. The van der Waals surface area contributed by atoms with Gasteiger partial charge in [-0.3, -0.25) is 0 Å². The van der Waals surface area contributed by atoms with Crippen molar-refractivity contribution in [1.82, 2.24) is 14.8 Å². The van der Waals surface area contributed by atoms with E-state index in [0.717, 1.165) is 18.2 Å². The third kappa shape index (κ3) is 2.41. The smallest absolute Gasteiger partial charge is 0.242 e. The van der Waals surface area contributed by atoms with Crippen LogP contribution in [-0.4, -0.2) is 14.8 Å². The normalized spacial score (nSPS) is 17.8. The molecule has 3 rings (SSSR count). The Labute approximate surface area is 120 Å². The first-order chi connectivity index (χ1) is 9.90. The molecule has 1 atom stereocenters. The molecule has 1 aromatic carbocycles. The summed E-state index contributed by atoms with van der Waals surface area (Å²) in [6.07, 6.45) is 0.796. The molecule has 21 heavy (non-hydrogen) atoms. The highest BCUT2D eigenvalue weighted by molar-refractivity contribution is 7.66. The van der Waals surface area contributed by atoms with Gasteiger partial charge in [-0.05, 0) is 24.1 Å². The molecule has 1 aliphatic heterocycles. The highest BCUT2D eigenvalue weighted by Crippen LogP contribution is 2.33. The second kappa shape index (κ2) is 4.83. The second-order valence-corrected chi connectivity index (χ2v) is 5.33. The van der Waals surface area contributed by atoms with Crippen molar-refractivity contribution in [3.8, 4) is 0 Å². The Morgan fingerprint density at radius 3 is 2.52 bits per heavy atom. The third-order valence-electron chi connectivity index (χ3n) is 3.27. The monoisotopic (exact) mass is 318 g/mol. The zero-order valence-corrected chi connectivity index (χ0v) is 11.2. The lowest BCUT2D eigenvalue weighted by Gasteiger charge is -2.12. The molecular weight excluding hydrogens is 310 g/mol. The van der Waals surface area contributed by atoms with Gasteiger partial charge >= 0.3 is 16.9 Å². The number of benzene rings is 1. The summed E-state index contributed by atoms with van der Waals surface area (Å²) >= 11 is -0.903. The molecule has 0 radical (unpaired) electrons. The summed E-state index contributed by atoms with van der Waals surface area (Å²) in [4.78, 5) is 3.65. The number of fused-ring (bicyclic) bond motifs is 1. The average Bonchev–Trinajstić information content (AvgIpc) is 2.97. The molecule has 0 N–H and O–H groups in total. The standard InChI is InChI=1S/C12H8F4N3OS/c13-7-3-6(4-8(14)5-7)9-1-2-10-17-11(18-19(9)10)12(15,16)21-20/h3-5,9H,1-2H2/q+1. The van der Waals surface area contributed by atoms with Crippen molar-refractivity contribution in [3.05, 3.63) is 47.0 Å². The number of rotatable bonds is 3. The lowest BCUT2D eigenvalue weighted by molar-refractivity contribution is 0.0895. The van der Waals surface area contributed by atoms with Crippen LogP contribution in [-0.2, 0) is 27.6 Å². The van der Waals surface area contributed by atoms with Crippen LogP contribution in [0.25, 0.3) is 0 Å². The topological polar surface area (TPSA) is 47.8 Å². The molecule has 1 unspecified atom stereocenters. The minimum absolute atomic E-state index is 0.272. The van der Waals surface area contributed by atoms with Crippen molar-refractivity contribution in [3.63, 3.8) is 0 Å². The van der Waals surface area contributed by atoms with E-state index >= 15 is 0 Å². The number of hydrogen-bond acceptors (Lipinski definition) is 3. The van der Waals surface area contributed by atoms with Gasteiger partial charge in [-0.1, -0.05) is 0 Å². The lowest BCUT2D eigenvalue weighted by atomic mass is 10.0. The molecular formula is C12H8F4N3OS+. The summed E-state index contributed by atoms with van der Waals surface area (Å²) in [7, 11) is 0. The van der Waals surface area contributed by atoms with Crippen molar-refractivity contribution < 1.29 is 21.8 Å². The lowest BCUT2D eigenvalue weighted by Crippen LogP contribution is -2.15. The number of alkyl halides is 2. The average molecular weight is 318 g/mol. The van der Waals surface area contributed by atoms with Crippen LogP contribution in [0.5, 0.6) is 0 Å². The van der Waals surface area contributed by atoms with Crippen molar-refractivity contribution in [2.75, 3.05) is 0 Å². The molecule has 1 aliphatic rings. The molecule has 0 saturated heterocycles. The molecule has 110 valence electrons. The quantitative estimate of drug-likeness (QED) is 0.645. The zero-order chi connectivity index (χ0) is 15.2. The Hall–Kier alpha value is -1.90. The first-order valence-electron chi connectivity index (χ1n) is 6.01. The van der Waals surface area contributed by atoms with E-state index in [0.29, 0.717) is 18.4 Å². The van der Waals surface area contributed by atoms with Crippen LogP contribution in [0, 0.1) is 11.6 Å². The van der Waals surface area contributed by atoms with Crippen LogP contribution in [0.3, 0.4) is 0 Å². The molecule has 2 heterocycles. The maximum absolute atomic E-state index is 13.3. The maximum Gasteiger partial charge on any atom is 0.593 e. The van der Waals surface area contributed by atoms with E-state index in [2.05, 4.69) is 10.1 Å². The first kappa shape index (κ1) is 14.1. The van der Waals surface area contributed by atoms with Gasteiger partial charge in [-0.2, -0.15) is 0 Å². The van der Waals surface area contributed by atoms with Crippen molar-refractivity contribution in [1.29, 1.82) is 0 Å². The maximum atomic E-state index is 13.3. The van der Waals surface area contributed by atoms with Gasteiger partial charge in [0.1, 0.15) is 17.5 Å². The number of hydrogen-bond donors (Lipinski definition) is 0. The highest BCUT2D eigenvalue weighted by atomic mass is 32.1. The van der Waals surface area contributed by atoms with E-state index in [1.165, 1.54) is 4.68 Å². The molecule has 9 heteroatoms. The van der Waals surface area contributed by atoms with Crippen LogP contribution in [0.15, 0.2) is 18.2 Å². The molecule has 0 amide bonds. The second-order valence-electron chi connectivity index (χ2n) is 4.65. The summed E-state index contributed by atoms with van der Waals surface area (Å²) < 4.78 is 64.7. The molecule has 0 spiro atoms. The number of aryl methyl sites for hydroxylation is 1. The number of aromatic nitrogens is 3. The number of halogens is 4. The van der Waals surface area contributed by atoms with Gasteiger partial charge in [-0.15, -0.1) is 13.9 Å². The fourth-order valence-corrected chi connectivity index (χ4v) is 2.56. The fraction of sp³-hybridized carbons (Fsp3) is 0.333. The predicted molar refractivity (Wildman–Crippen MR) is 64.8 cm³/mol. The molecule has 0 fully saturated rings. The Morgan fingerprint density at radius 2 is 1.90 bits per heavy atom. The minimum Gasteiger partial charge on any atom is -0.242 e. The molecule has 0 saturated carbocycles. The van der Waals surface area contributed by atoms with E-state index in [1.807, 2.05) is 0 Å². The Morgan fingerprint density at radius 1 is 1.24 bits per heavy atom. The van der Waals surface area contributed by atoms with Crippen LogP contribution < -0.4 is 0 Å². The van der Waals surface area contributed by atoms with Crippen LogP contribution in [0.4, 0.5) is 17.6 Å². The molecule has 2 aromatic rings.